The zero-order valence-corrected chi connectivity index (χ0v) is 14.4. The topological polar surface area (TPSA) is 118 Å². The van der Waals surface area contributed by atoms with Crippen molar-refractivity contribution in [2.24, 2.45) is 5.92 Å². The number of hydrogen-bond donors (Lipinski definition) is 2. The third kappa shape index (κ3) is 5.26. The smallest absolute Gasteiger partial charge is 0.321 e. The minimum absolute atomic E-state index is 0.0540. The average Bonchev–Trinajstić information content (AvgIpc) is 2.35. The molecule has 0 bridgehead atoms. The van der Waals surface area contributed by atoms with Crippen LogP contribution in [0.2, 0.25) is 0 Å². The van der Waals surface area contributed by atoms with Crippen LogP contribution < -0.4 is 4.72 Å². The highest BCUT2D eigenvalue weighted by molar-refractivity contribution is 7.90. The average molecular weight is 367 g/mol. The number of carboxylic acids is 1. The Morgan fingerprint density at radius 1 is 1.26 bits per heavy atom. The number of aliphatic carboxylic acids is 1. The number of carbonyl (C=O) groups is 1. The first-order chi connectivity index (χ1) is 10.3. The number of carboxylic acid groups (broad SMARTS) is 1. The van der Waals surface area contributed by atoms with E-state index in [9.17, 15) is 26.0 Å². The lowest BCUT2D eigenvalue weighted by molar-refractivity contribution is -0.139. The quantitative estimate of drug-likeness (QED) is 0.742. The third-order valence-electron chi connectivity index (χ3n) is 2.92. The molecule has 7 nitrogen and oxygen atoms in total. The molecule has 0 heterocycles. The van der Waals surface area contributed by atoms with E-state index in [1.165, 1.54) is 0 Å². The van der Waals surface area contributed by atoms with Crippen LogP contribution in [0.15, 0.2) is 28.0 Å². The fourth-order valence-corrected chi connectivity index (χ4v) is 3.82. The van der Waals surface area contributed by atoms with Crippen LogP contribution in [-0.4, -0.2) is 40.2 Å². The summed E-state index contributed by atoms with van der Waals surface area (Å²) >= 11 is 0. The molecule has 0 spiro atoms. The summed E-state index contributed by atoms with van der Waals surface area (Å²) in [5.41, 5.74) is 0. The van der Waals surface area contributed by atoms with Gasteiger partial charge in [-0.1, -0.05) is 13.8 Å². The normalized spacial score (nSPS) is 14.0. The molecule has 0 aromatic heterocycles. The number of halogens is 1. The number of hydrogen-bond acceptors (Lipinski definition) is 5. The van der Waals surface area contributed by atoms with Crippen molar-refractivity contribution in [2.75, 3.05) is 6.26 Å². The highest BCUT2D eigenvalue weighted by Gasteiger charge is 2.27. The van der Waals surface area contributed by atoms with Crippen molar-refractivity contribution in [1.29, 1.82) is 0 Å². The second kappa shape index (κ2) is 6.93. The molecule has 130 valence electrons. The molecule has 1 rings (SSSR count). The van der Waals surface area contributed by atoms with E-state index in [2.05, 4.69) is 0 Å². The Morgan fingerprint density at radius 2 is 1.83 bits per heavy atom. The van der Waals surface area contributed by atoms with E-state index in [0.29, 0.717) is 6.07 Å². The van der Waals surface area contributed by atoms with Crippen molar-refractivity contribution in [2.45, 2.75) is 36.1 Å². The Hall–Kier alpha value is -1.52. The highest BCUT2D eigenvalue weighted by Crippen LogP contribution is 2.19. The number of sulfone groups is 1. The zero-order valence-electron chi connectivity index (χ0n) is 12.8. The van der Waals surface area contributed by atoms with E-state index in [0.717, 1.165) is 18.4 Å². The van der Waals surface area contributed by atoms with E-state index in [4.69, 9.17) is 5.11 Å². The summed E-state index contributed by atoms with van der Waals surface area (Å²) in [5, 5.41) is 9.06. The lowest BCUT2D eigenvalue weighted by atomic mass is 10.1. The van der Waals surface area contributed by atoms with Crippen molar-refractivity contribution in [3.8, 4) is 0 Å². The van der Waals surface area contributed by atoms with Gasteiger partial charge in [-0.2, -0.15) is 4.72 Å². The molecule has 1 unspecified atom stereocenters. The fourth-order valence-electron chi connectivity index (χ4n) is 1.88. The minimum Gasteiger partial charge on any atom is -0.480 e. The van der Waals surface area contributed by atoms with Gasteiger partial charge in [0.25, 0.3) is 0 Å². The van der Waals surface area contributed by atoms with Gasteiger partial charge in [-0.3, -0.25) is 4.79 Å². The maximum absolute atomic E-state index is 13.8. The Morgan fingerprint density at radius 3 is 2.22 bits per heavy atom. The van der Waals surface area contributed by atoms with Gasteiger partial charge < -0.3 is 5.11 Å². The van der Waals surface area contributed by atoms with Gasteiger partial charge in [-0.25, -0.2) is 21.2 Å². The molecule has 2 N–H and O–H groups in total. The van der Waals surface area contributed by atoms with Crippen LogP contribution in [0.4, 0.5) is 4.39 Å². The molecule has 0 saturated heterocycles. The largest absolute Gasteiger partial charge is 0.480 e. The second-order valence-electron chi connectivity index (χ2n) is 5.51. The summed E-state index contributed by atoms with van der Waals surface area (Å²) < 4.78 is 62.7. The summed E-state index contributed by atoms with van der Waals surface area (Å²) in [6.07, 6.45) is 0.847. The van der Waals surface area contributed by atoms with Crippen LogP contribution in [0.25, 0.3) is 0 Å². The van der Waals surface area contributed by atoms with Crippen molar-refractivity contribution < 1.29 is 31.1 Å². The van der Waals surface area contributed by atoms with Gasteiger partial charge in [0.1, 0.15) is 16.8 Å². The summed E-state index contributed by atoms with van der Waals surface area (Å²) in [6, 6.07) is 0.929. The first kappa shape index (κ1) is 19.5. The Bertz CT molecular complexity index is 802. The number of nitrogens with one attached hydrogen (secondary N) is 1. The summed E-state index contributed by atoms with van der Waals surface area (Å²) in [6.45, 7) is 3.45. The maximum atomic E-state index is 13.8. The second-order valence-corrected chi connectivity index (χ2v) is 9.20. The van der Waals surface area contributed by atoms with E-state index >= 15 is 0 Å². The van der Waals surface area contributed by atoms with Gasteiger partial charge in [0.2, 0.25) is 10.0 Å². The van der Waals surface area contributed by atoms with Gasteiger partial charge in [0.05, 0.1) is 4.90 Å². The molecule has 0 amide bonds. The molecule has 0 aliphatic carbocycles. The molecule has 1 aromatic rings. The van der Waals surface area contributed by atoms with Crippen LogP contribution in [-0.2, 0) is 24.7 Å². The van der Waals surface area contributed by atoms with Crippen LogP contribution in [0, 0.1) is 11.7 Å². The fraction of sp³-hybridized carbons (Fsp3) is 0.462. The summed E-state index contributed by atoms with van der Waals surface area (Å²) in [5.74, 6) is -2.65. The lowest BCUT2D eigenvalue weighted by Crippen LogP contribution is -2.41. The van der Waals surface area contributed by atoms with Crippen molar-refractivity contribution in [3.63, 3.8) is 0 Å². The standard InChI is InChI=1S/C13H18FNO6S2/c1-8(2)6-11(13(16)17)15-23(20,21)9-4-5-12(10(14)7-9)22(3,18)19/h4-5,7-8,11,15H,6H2,1-3H3,(H,16,17). The molecular weight excluding hydrogens is 349 g/mol. The van der Waals surface area contributed by atoms with E-state index < -0.39 is 47.5 Å². The maximum Gasteiger partial charge on any atom is 0.321 e. The van der Waals surface area contributed by atoms with E-state index in [1.54, 1.807) is 13.8 Å². The lowest BCUT2D eigenvalue weighted by Gasteiger charge is -2.16. The predicted molar refractivity (Wildman–Crippen MR) is 80.7 cm³/mol. The Balaban J connectivity index is 3.18. The van der Waals surface area contributed by atoms with Crippen LogP contribution >= 0.6 is 0 Å². The monoisotopic (exact) mass is 367 g/mol. The van der Waals surface area contributed by atoms with Crippen LogP contribution in [0.5, 0.6) is 0 Å². The highest BCUT2D eigenvalue weighted by atomic mass is 32.2. The molecule has 0 fully saturated rings. The van der Waals surface area contributed by atoms with Gasteiger partial charge in [0, 0.05) is 6.26 Å². The number of rotatable bonds is 7. The number of sulfonamides is 1. The van der Waals surface area contributed by atoms with Gasteiger partial charge in [-0.15, -0.1) is 0 Å². The van der Waals surface area contributed by atoms with Gasteiger partial charge in [-0.05, 0) is 30.5 Å². The Labute approximate surface area is 134 Å². The first-order valence-corrected chi connectivity index (χ1v) is 9.97. The van der Waals surface area contributed by atoms with E-state index in [1.807, 2.05) is 4.72 Å². The SMILES string of the molecule is CC(C)CC(NS(=O)(=O)c1ccc(S(C)(=O)=O)c(F)c1)C(=O)O. The van der Waals surface area contributed by atoms with Crippen molar-refractivity contribution >= 4 is 25.8 Å². The van der Waals surface area contributed by atoms with Gasteiger partial charge >= 0.3 is 5.97 Å². The van der Waals surface area contributed by atoms with Crippen molar-refractivity contribution in [1.82, 2.24) is 4.72 Å². The first-order valence-electron chi connectivity index (χ1n) is 6.59. The Kier molecular flexibility index (Phi) is 5.89. The van der Waals surface area contributed by atoms with E-state index in [-0.39, 0.29) is 12.3 Å². The summed E-state index contributed by atoms with van der Waals surface area (Å²) in [7, 11) is -8.13. The molecule has 10 heteroatoms. The number of benzene rings is 1. The molecule has 1 aromatic carbocycles. The molecule has 1 atom stereocenters. The molecule has 0 radical (unpaired) electrons. The summed E-state index contributed by atoms with van der Waals surface area (Å²) in [4.78, 5) is 9.94. The molecule has 0 aliphatic rings. The third-order valence-corrected chi connectivity index (χ3v) is 5.52. The molecule has 0 saturated carbocycles. The zero-order chi connectivity index (χ0) is 18.0. The van der Waals surface area contributed by atoms with Crippen molar-refractivity contribution in [3.05, 3.63) is 24.0 Å². The molecule has 0 aliphatic heterocycles. The predicted octanol–water partition coefficient (Wildman–Crippen LogP) is 1.01. The minimum atomic E-state index is -4.30. The van der Waals surface area contributed by atoms with Crippen LogP contribution in [0.3, 0.4) is 0 Å². The molecular formula is C13H18FNO6S2. The van der Waals surface area contributed by atoms with Crippen LogP contribution in [0.1, 0.15) is 20.3 Å². The molecule has 23 heavy (non-hydrogen) atoms. The van der Waals surface area contributed by atoms with Gasteiger partial charge in [0.15, 0.2) is 9.84 Å².